The van der Waals surface area contributed by atoms with Crippen molar-refractivity contribution < 1.29 is 28.5 Å². The summed E-state index contributed by atoms with van der Waals surface area (Å²) < 4.78 is 23.4. The van der Waals surface area contributed by atoms with Gasteiger partial charge < -0.3 is 24.7 Å². The Morgan fingerprint density at radius 3 is 2.10 bits per heavy atom. The number of fused-ring (bicyclic) bond motifs is 1. The number of aromatic nitrogens is 1. The molecule has 4 rings (SSSR count). The minimum atomic E-state index is -0.925. The number of carbonyl (C=O) groups excluding carboxylic acids is 2. The largest absolute Gasteiger partial charge is 0.497 e. The van der Waals surface area contributed by atoms with Gasteiger partial charge in [0.05, 0.1) is 49.0 Å². The lowest BCUT2D eigenvalue weighted by atomic mass is 9.83. The highest BCUT2D eigenvalue weighted by molar-refractivity contribution is 7.07. The smallest absolute Gasteiger partial charge is 0.338 e. The van der Waals surface area contributed by atoms with E-state index in [1.807, 2.05) is 19.1 Å². The molecule has 2 heterocycles. The Hall–Kier alpha value is -4.31. The molecule has 10 heteroatoms. The summed E-state index contributed by atoms with van der Waals surface area (Å²) in [6.45, 7) is 3.96. The van der Waals surface area contributed by atoms with Crippen molar-refractivity contribution in [2.24, 2.45) is 5.73 Å². The molecule has 0 aliphatic carbocycles. The van der Waals surface area contributed by atoms with Gasteiger partial charge in [0.15, 0.2) is 0 Å². The van der Waals surface area contributed by atoms with Gasteiger partial charge in [-0.3, -0.25) is 9.36 Å². The lowest BCUT2D eigenvalue weighted by molar-refractivity contribution is -0.139. The Labute approximate surface area is 235 Å². The zero-order valence-corrected chi connectivity index (χ0v) is 23.7. The molecule has 0 spiro atoms. The predicted octanol–water partition coefficient (Wildman–Crippen LogP) is 2.74. The van der Waals surface area contributed by atoms with Gasteiger partial charge in [-0.1, -0.05) is 37.6 Å². The number of thiazole rings is 1. The molecule has 1 aliphatic heterocycles. The second-order valence-corrected chi connectivity index (χ2v) is 9.99. The zero-order chi connectivity index (χ0) is 28.8. The Kier molecular flexibility index (Phi) is 9.11. The third kappa shape index (κ3) is 5.67. The van der Waals surface area contributed by atoms with Gasteiger partial charge in [-0.2, -0.15) is 0 Å². The SMILES string of the molecule is CCCCOC(=O)C1=C(N)n2c(sc(=Cc3ccc(OC)cc3)c2=O)=C(C(=O)OCC)C1c1ccc(OC)cc1. The highest BCUT2D eigenvalue weighted by Crippen LogP contribution is 2.38. The zero-order valence-electron chi connectivity index (χ0n) is 22.9. The van der Waals surface area contributed by atoms with E-state index in [1.165, 1.54) is 4.57 Å². The van der Waals surface area contributed by atoms with Crippen molar-refractivity contribution in [2.45, 2.75) is 32.6 Å². The van der Waals surface area contributed by atoms with E-state index in [1.54, 1.807) is 63.6 Å². The molecule has 0 radical (unpaired) electrons. The van der Waals surface area contributed by atoms with Crippen LogP contribution in [0.4, 0.5) is 0 Å². The minimum absolute atomic E-state index is 0.00715. The maximum atomic E-state index is 13.7. The maximum absolute atomic E-state index is 13.7. The van der Waals surface area contributed by atoms with Gasteiger partial charge in [0.25, 0.3) is 5.56 Å². The molecule has 40 heavy (non-hydrogen) atoms. The van der Waals surface area contributed by atoms with Crippen LogP contribution in [0.1, 0.15) is 43.7 Å². The first-order valence-electron chi connectivity index (χ1n) is 12.9. The number of ether oxygens (including phenoxy) is 4. The maximum Gasteiger partial charge on any atom is 0.338 e. The van der Waals surface area contributed by atoms with Gasteiger partial charge in [-0.25, -0.2) is 9.59 Å². The summed E-state index contributed by atoms with van der Waals surface area (Å²) in [5, 5.41) is 0. The Morgan fingerprint density at radius 2 is 1.52 bits per heavy atom. The second kappa shape index (κ2) is 12.7. The molecular weight excluding hydrogens is 532 g/mol. The van der Waals surface area contributed by atoms with Gasteiger partial charge >= 0.3 is 11.9 Å². The molecule has 0 saturated carbocycles. The fourth-order valence-electron chi connectivity index (χ4n) is 4.42. The van der Waals surface area contributed by atoms with Gasteiger partial charge in [0.1, 0.15) is 22.0 Å². The second-order valence-electron chi connectivity index (χ2n) is 8.96. The lowest BCUT2D eigenvalue weighted by Crippen LogP contribution is -2.42. The van der Waals surface area contributed by atoms with E-state index in [0.29, 0.717) is 32.7 Å². The first-order valence-corrected chi connectivity index (χ1v) is 13.8. The van der Waals surface area contributed by atoms with Crippen molar-refractivity contribution in [3.63, 3.8) is 0 Å². The molecule has 1 atom stereocenters. The van der Waals surface area contributed by atoms with Crippen molar-refractivity contribution in [3.8, 4) is 11.5 Å². The summed E-state index contributed by atoms with van der Waals surface area (Å²) in [5.74, 6) is -1.07. The Balaban J connectivity index is 2.02. The topological polar surface area (TPSA) is 119 Å². The van der Waals surface area contributed by atoms with E-state index < -0.39 is 23.4 Å². The van der Waals surface area contributed by atoms with Crippen LogP contribution in [0.3, 0.4) is 0 Å². The van der Waals surface area contributed by atoms with Crippen LogP contribution in [-0.4, -0.2) is 43.9 Å². The van der Waals surface area contributed by atoms with E-state index in [4.69, 9.17) is 24.7 Å². The number of benzene rings is 2. The monoisotopic (exact) mass is 564 g/mol. The number of carbonyl (C=O) groups is 2. The number of hydrogen-bond acceptors (Lipinski definition) is 9. The molecule has 1 unspecified atom stereocenters. The van der Waals surface area contributed by atoms with Gasteiger partial charge in [-0.05, 0) is 54.8 Å². The van der Waals surface area contributed by atoms with Crippen LogP contribution in [0.15, 0.2) is 58.9 Å². The van der Waals surface area contributed by atoms with Crippen LogP contribution in [0.2, 0.25) is 0 Å². The standard InChI is InChI=1S/C30H32N2O7S/c1-5-7-16-39-29(34)24-23(19-10-14-21(37-4)15-11-19)25(30(35)38-6-2)28-32(26(24)31)27(33)22(40-28)17-18-8-12-20(36-3)13-9-18/h8-15,17,23H,5-7,16,31H2,1-4H3. The summed E-state index contributed by atoms with van der Waals surface area (Å²) in [4.78, 5) is 40.7. The van der Waals surface area contributed by atoms with Crippen LogP contribution in [0, 0.1) is 0 Å². The Bertz CT molecular complexity index is 1600. The average Bonchev–Trinajstić information content (AvgIpc) is 3.28. The van der Waals surface area contributed by atoms with E-state index in [0.717, 1.165) is 23.3 Å². The minimum Gasteiger partial charge on any atom is -0.497 e. The van der Waals surface area contributed by atoms with Gasteiger partial charge in [0, 0.05) is 0 Å². The molecule has 1 aliphatic rings. The number of rotatable bonds is 10. The van der Waals surface area contributed by atoms with Crippen molar-refractivity contribution >= 4 is 40.7 Å². The van der Waals surface area contributed by atoms with Crippen molar-refractivity contribution in [3.05, 3.63) is 84.8 Å². The molecule has 2 N–H and O–H groups in total. The van der Waals surface area contributed by atoms with Crippen LogP contribution in [0.25, 0.3) is 17.5 Å². The van der Waals surface area contributed by atoms with Gasteiger partial charge in [0.2, 0.25) is 0 Å². The van der Waals surface area contributed by atoms with Crippen molar-refractivity contribution in [1.29, 1.82) is 0 Å². The van der Waals surface area contributed by atoms with Crippen LogP contribution in [-0.2, 0) is 19.1 Å². The molecule has 0 bridgehead atoms. The number of hydrogen-bond donors (Lipinski definition) is 1. The third-order valence-corrected chi connectivity index (χ3v) is 7.57. The Morgan fingerprint density at radius 1 is 0.925 bits per heavy atom. The molecule has 1 aromatic heterocycles. The molecule has 0 amide bonds. The van der Waals surface area contributed by atoms with Crippen molar-refractivity contribution in [2.75, 3.05) is 27.4 Å². The number of methoxy groups -OCH3 is 2. The summed E-state index contributed by atoms with van der Waals surface area (Å²) >= 11 is 1.11. The number of nitrogens with zero attached hydrogens (tertiary/aromatic N) is 1. The fraction of sp³-hybridized carbons (Fsp3) is 0.300. The molecule has 210 valence electrons. The summed E-state index contributed by atoms with van der Waals surface area (Å²) in [5.41, 5.74) is 7.63. The lowest BCUT2D eigenvalue weighted by Gasteiger charge is -2.27. The highest BCUT2D eigenvalue weighted by Gasteiger charge is 2.40. The molecule has 9 nitrogen and oxygen atoms in total. The molecular formula is C30H32N2O7S. The average molecular weight is 565 g/mol. The van der Waals surface area contributed by atoms with Crippen LogP contribution < -0.4 is 30.0 Å². The van der Waals surface area contributed by atoms with E-state index in [2.05, 4.69) is 0 Å². The first kappa shape index (κ1) is 28.7. The fourth-order valence-corrected chi connectivity index (χ4v) is 5.59. The molecule has 0 fully saturated rings. The summed E-state index contributed by atoms with van der Waals surface area (Å²) in [7, 11) is 3.12. The summed E-state index contributed by atoms with van der Waals surface area (Å²) in [6.07, 6.45) is 3.18. The van der Waals surface area contributed by atoms with Gasteiger partial charge in [-0.15, -0.1) is 11.3 Å². The summed E-state index contributed by atoms with van der Waals surface area (Å²) in [6, 6.07) is 14.2. The van der Waals surface area contributed by atoms with Crippen molar-refractivity contribution in [1.82, 2.24) is 4.57 Å². The molecule has 2 aromatic carbocycles. The predicted molar refractivity (Wildman–Crippen MR) is 153 cm³/mol. The van der Waals surface area contributed by atoms with E-state index in [-0.39, 0.29) is 30.2 Å². The third-order valence-electron chi connectivity index (χ3n) is 6.46. The van der Waals surface area contributed by atoms with Crippen LogP contribution >= 0.6 is 11.3 Å². The highest BCUT2D eigenvalue weighted by atomic mass is 32.1. The first-order chi connectivity index (χ1) is 19.3. The molecule has 0 saturated heterocycles. The normalized spacial score (nSPS) is 15.1. The molecule has 3 aromatic rings. The quantitative estimate of drug-likeness (QED) is 0.295. The van der Waals surface area contributed by atoms with E-state index in [9.17, 15) is 14.4 Å². The number of unbranched alkanes of at least 4 members (excludes halogenated alkanes) is 1. The number of esters is 2. The van der Waals surface area contributed by atoms with Crippen LogP contribution in [0.5, 0.6) is 11.5 Å². The number of nitrogens with two attached hydrogens (primary N) is 1. The van der Waals surface area contributed by atoms with E-state index >= 15 is 0 Å².